The third-order valence-corrected chi connectivity index (χ3v) is 3.23. The van der Waals surface area contributed by atoms with E-state index in [4.69, 9.17) is 0 Å². The summed E-state index contributed by atoms with van der Waals surface area (Å²) in [5, 5.41) is 4.57. The van der Waals surface area contributed by atoms with Crippen LogP contribution in [-0.2, 0) is 0 Å². The van der Waals surface area contributed by atoms with Crippen molar-refractivity contribution in [2.24, 2.45) is 0 Å². The number of nitrogens with one attached hydrogen (secondary N) is 2. The molecule has 0 atom stereocenters. The quantitative estimate of drug-likeness (QED) is 0.756. The number of nitrogens with zero attached hydrogens (tertiary/aromatic N) is 1. The van der Waals surface area contributed by atoms with Crippen LogP contribution in [0, 0.1) is 6.92 Å². The average molecular weight is 279 g/mol. The molecule has 3 rings (SSSR count). The number of hydrogen-bond acceptors (Lipinski definition) is 3. The number of fused-ring (bicyclic) bond motifs is 1. The van der Waals surface area contributed by atoms with E-state index < -0.39 is 5.91 Å². The Morgan fingerprint density at radius 2 is 2.14 bits per heavy atom. The fourth-order valence-corrected chi connectivity index (χ4v) is 2.16. The van der Waals surface area contributed by atoms with Crippen molar-refractivity contribution in [3.63, 3.8) is 0 Å². The fourth-order valence-electron chi connectivity index (χ4n) is 2.16. The number of aromatic amines is 1. The van der Waals surface area contributed by atoms with Gasteiger partial charge < -0.3 is 10.3 Å². The van der Waals surface area contributed by atoms with Gasteiger partial charge in [0, 0.05) is 35.7 Å². The summed E-state index contributed by atoms with van der Waals surface area (Å²) in [5.74, 6) is -0.437. The van der Waals surface area contributed by atoms with Gasteiger partial charge in [0.15, 0.2) is 5.43 Å². The lowest BCUT2D eigenvalue weighted by Crippen LogP contribution is -2.21. The van der Waals surface area contributed by atoms with Crippen LogP contribution in [0.4, 0.5) is 5.69 Å². The molecular weight excluding hydrogens is 266 g/mol. The van der Waals surface area contributed by atoms with E-state index in [1.807, 2.05) is 18.2 Å². The molecular formula is C16H13N3O2. The van der Waals surface area contributed by atoms with Gasteiger partial charge in [0.1, 0.15) is 5.56 Å². The average Bonchev–Trinajstić information content (AvgIpc) is 2.47. The zero-order chi connectivity index (χ0) is 14.8. The topological polar surface area (TPSA) is 74.8 Å². The van der Waals surface area contributed by atoms with Crippen molar-refractivity contribution >= 4 is 22.4 Å². The SMILES string of the molecule is Cc1cc(=O)c(C(=O)Nc2cccc3ccncc23)c[nH]1. The first-order chi connectivity index (χ1) is 10.1. The highest BCUT2D eigenvalue weighted by Crippen LogP contribution is 2.22. The summed E-state index contributed by atoms with van der Waals surface area (Å²) >= 11 is 0. The number of H-pyrrole nitrogens is 1. The van der Waals surface area contributed by atoms with Crippen LogP contribution in [0.3, 0.4) is 0 Å². The number of anilines is 1. The molecule has 0 spiro atoms. The number of aryl methyl sites for hydroxylation is 1. The van der Waals surface area contributed by atoms with E-state index in [2.05, 4.69) is 15.3 Å². The standard InChI is InChI=1S/C16H13N3O2/c1-10-7-15(20)13(9-18-10)16(21)19-14-4-2-3-11-5-6-17-8-12(11)14/h2-9H,1H3,(H,18,20)(H,19,21). The first-order valence-electron chi connectivity index (χ1n) is 6.48. The Hall–Kier alpha value is -2.95. The number of benzene rings is 1. The van der Waals surface area contributed by atoms with Gasteiger partial charge in [-0.05, 0) is 24.4 Å². The molecule has 5 heteroatoms. The van der Waals surface area contributed by atoms with E-state index >= 15 is 0 Å². The van der Waals surface area contributed by atoms with Crippen molar-refractivity contribution in [1.29, 1.82) is 0 Å². The lowest BCUT2D eigenvalue weighted by atomic mass is 10.1. The van der Waals surface area contributed by atoms with E-state index in [1.54, 1.807) is 25.4 Å². The van der Waals surface area contributed by atoms with Crippen LogP contribution in [0.15, 0.2) is 53.7 Å². The Morgan fingerprint density at radius 3 is 2.95 bits per heavy atom. The second-order valence-electron chi connectivity index (χ2n) is 4.75. The number of pyridine rings is 2. The summed E-state index contributed by atoms with van der Waals surface area (Å²) in [6, 6.07) is 8.83. The van der Waals surface area contributed by atoms with E-state index in [0.29, 0.717) is 11.4 Å². The maximum atomic E-state index is 12.2. The van der Waals surface area contributed by atoms with Crippen LogP contribution in [0.1, 0.15) is 16.1 Å². The van der Waals surface area contributed by atoms with Crippen LogP contribution in [-0.4, -0.2) is 15.9 Å². The Labute approximate surface area is 120 Å². The molecule has 0 unspecified atom stereocenters. The lowest BCUT2D eigenvalue weighted by Gasteiger charge is -2.08. The molecule has 104 valence electrons. The monoisotopic (exact) mass is 279 g/mol. The van der Waals surface area contributed by atoms with Crippen LogP contribution in [0.25, 0.3) is 10.8 Å². The molecule has 2 aromatic heterocycles. The molecule has 0 radical (unpaired) electrons. The molecule has 0 fully saturated rings. The number of rotatable bonds is 2. The third-order valence-electron chi connectivity index (χ3n) is 3.23. The number of carbonyl (C=O) groups excluding carboxylic acids is 1. The van der Waals surface area contributed by atoms with Gasteiger partial charge in [0.05, 0.1) is 5.69 Å². The van der Waals surface area contributed by atoms with Gasteiger partial charge in [0.2, 0.25) is 0 Å². The third kappa shape index (κ3) is 2.53. The van der Waals surface area contributed by atoms with Gasteiger partial charge in [-0.15, -0.1) is 0 Å². The largest absolute Gasteiger partial charge is 0.364 e. The van der Waals surface area contributed by atoms with Crippen molar-refractivity contribution in [2.75, 3.05) is 5.32 Å². The van der Waals surface area contributed by atoms with Gasteiger partial charge >= 0.3 is 0 Å². The van der Waals surface area contributed by atoms with Crippen molar-refractivity contribution < 1.29 is 4.79 Å². The molecule has 21 heavy (non-hydrogen) atoms. The maximum absolute atomic E-state index is 12.2. The molecule has 0 saturated carbocycles. The molecule has 0 bridgehead atoms. The summed E-state index contributed by atoms with van der Waals surface area (Å²) < 4.78 is 0. The highest BCUT2D eigenvalue weighted by Gasteiger charge is 2.12. The minimum absolute atomic E-state index is 0.0847. The van der Waals surface area contributed by atoms with Gasteiger partial charge in [-0.3, -0.25) is 14.6 Å². The van der Waals surface area contributed by atoms with E-state index in [0.717, 1.165) is 10.8 Å². The number of aromatic nitrogens is 2. The molecule has 2 N–H and O–H groups in total. The van der Waals surface area contributed by atoms with E-state index in [-0.39, 0.29) is 11.0 Å². The highest BCUT2D eigenvalue weighted by molar-refractivity contribution is 6.08. The smallest absolute Gasteiger partial charge is 0.261 e. The molecule has 0 aliphatic rings. The maximum Gasteiger partial charge on any atom is 0.261 e. The first-order valence-corrected chi connectivity index (χ1v) is 6.48. The Balaban J connectivity index is 1.99. The van der Waals surface area contributed by atoms with Crippen molar-refractivity contribution in [3.05, 3.63) is 70.4 Å². The zero-order valence-electron chi connectivity index (χ0n) is 11.4. The number of hydrogen-bond donors (Lipinski definition) is 2. The summed E-state index contributed by atoms with van der Waals surface area (Å²) in [7, 11) is 0. The van der Waals surface area contributed by atoms with E-state index in [1.165, 1.54) is 12.3 Å². The van der Waals surface area contributed by atoms with Crippen LogP contribution in [0.2, 0.25) is 0 Å². The van der Waals surface area contributed by atoms with Crippen LogP contribution in [0.5, 0.6) is 0 Å². The van der Waals surface area contributed by atoms with Crippen molar-refractivity contribution in [1.82, 2.24) is 9.97 Å². The van der Waals surface area contributed by atoms with Crippen LogP contribution < -0.4 is 10.7 Å². The predicted molar refractivity (Wildman–Crippen MR) is 81.5 cm³/mol. The van der Waals surface area contributed by atoms with Gasteiger partial charge in [-0.2, -0.15) is 0 Å². The van der Waals surface area contributed by atoms with Gasteiger partial charge in [0.25, 0.3) is 5.91 Å². The Morgan fingerprint density at radius 1 is 1.29 bits per heavy atom. The normalized spacial score (nSPS) is 10.5. The van der Waals surface area contributed by atoms with Crippen molar-refractivity contribution in [3.8, 4) is 0 Å². The molecule has 0 saturated heterocycles. The zero-order valence-corrected chi connectivity index (χ0v) is 11.4. The summed E-state index contributed by atoms with van der Waals surface area (Å²) in [4.78, 5) is 31.0. The minimum Gasteiger partial charge on any atom is -0.364 e. The lowest BCUT2D eigenvalue weighted by molar-refractivity contribution is 0.102. The second-order valence-corrected chi connectivity index (χ2v) is 4.75. The first kappa shape index (κ1) is 13.1. The highest BCUT2D eigenvalue weighted by atomic mass is 16.2. The Kier molecular flexibility index (Phi) is 3.23. The fraction of sp³-hybridized carbons (Fsp3) is 0.0625. The Bertz CT molecular complexity index is 879. The van der Waals surface area contributed by atoms with E-state index in [9.17, 15) is 9.59 Å². The second kappa shape index (κ2) is 5.20. The molecule has 0 aliphatic carbocycles. The number of carbonyl (C=O) groups is 1. The molecule has 1 amide bonds. The molecule has 0 aliphatic heterocycles. The number of amides is 1. The van der Waals surface area contributed by atoms with Gasteiger partial charge in [-0.1, -0.05) is 12.1 Å². The van der Waals surface area contributed by atoms with Crippen LogP contribution >= 0.6 is 0 Å². The molecule has 2 heterocycles. The molecule has 5 nitrogen and oxygen atoms in total. The summed E-state index contributed by atoms with van der Waals surface area (Å²) in [6.07, 6.45) is 4.80. The predicted octanol–water partition coefficient (Wildman–Crippen LogP) is 2.48. The molecule has 3 aromatic rings. The minimum atomic E-state index is -0.437. The summed E-state index contributed by atoms with van der Waals surface area (Å²) in [5.41, 5.74) is 1.13. The van der Waals surface area contributed by atoms with Gasteiger partial charge in [-0.25, -0.2) is 0 Å². The van der Waals surface area contributed by atoms with Crippen molar-refractivity contribution in [2.45, 2.75) is 6.92 Å². The molecule has 1 aromatic carbocycles. The summed E-state index contributed by atoms with van der Waals surface area (Å²) in [6.45, 7) is 1.76.